The van der Waals surface area contributed by atoms with Gasteiger partial charge >= 0.3 is 0 Å². The van der Waals surface area contributed by atoms with E-state index >= 15 is 0 Å². The topological polar surface area (TPSA) is 18.1 Å². The number of fused-ring (bicyclic) bond motifs is 16. The number of aryl methyl sites for hydroxylation is 2. The van der Waals surface area contributed by atoms with E-state index in [4.69, 9.17) is 4.42 Å². The quantitative estimate of drug-likeness (QED) is 0.160. The van der Waals surface area contributed by atoms with Crippen LogP contribution in [0.3, 0.4) is 0 Å². The standard InChI is InChI=1S/C44H26BNOS3/c1-23-15-17-34-29(19-23)45-30-20-24(2)16-18-35(30)49-37-22-25(21-36(48-34)41(37)45)46-31-12-6-3-9-26(31)38-42(46)39-28-11-5-8-14-33(28)50-44(39)40-27-10-4-7-13-32(27)47-43(38)40/h3-22H,1-2H3. The number of thiophene rings is 1. The molecule has 3 aromatic heterocycles. The van der Waals surface area contributed by atoms with Crippen molar-refractivity contribution in [2.75, 3.05) is 0 Å². The molecule has 234 valence electrons. The summed E-state index contributed by atoms with van der Waals surface area (Å²) in [4.78, 5) is 5.40. The van der Waals surface area contributed by atoms with Gasteiger partial charge in [-0.3, -0.25) is 0 Å². The van der Waals surface area contributed by atoms with E-state index in [-0.39, 0.29) is 6.71 Å². The van der Waals surface area contributed by atoms with Crippen molar-refractivity contribution in [2.45, 2.75) is 33.4 Å². The molecule has 0 bridgehead atoms. The fraction of sp³-hybridized carbons (Fsp3) is 0.0455. The van der Waals surface area contributed by atoms with Crippen LogP contribution in [-0.2, 0) is 0 Å². The molecular formula is C44H26BNOS3. The first-order valence-electron chi connectivity index (χ1n) is 17.0. The third kappa shape index (κ3) is 3.58. The number of hydrogen-bond donors (Lipinski definition) is 0. The molecule has 0 unspecified atom stereocenters. The Labute approximate surface area is 300 Å². The number of nitrogens with zero attached hydrogens (tertiary/aromatic N) is 1. The second-order valence-corrected chi connectivity index (χ2v) is 17.0. The summed E-state index contributed by atoms with van der Waals surface area (Å²) in [5, 5.41) is 7.41. The Morgan fingerprint density at radius 1 is 0.580 bits per heavy atom. The highest BCUT2D eigenvalue weighted by Gasteiger charge is 2.39. The Bertz CT molecular complexity index is 3040. The van der Waals surface area contributed by atoms with Gasteiger partial charge in [0.1, 0.15) is 11.2 Å². The first-order valence-corrected chi connectivity index (χ1v) is 19.5. The van der Waals surface area contributed by atoms with Gasteiger partial charge in [0.05, 0.1) is 16.4 Å². The minimum Gasteiger partial charge on any atom is -0.455 e. The summed E-state index contributed by atoms with van der Waals surface area (Å²) >= 11 is 5.74. The molecule has 2 nitrogen and oxygen atoms in total. The predicted octanol–water partition coefficient (Wildman–Crippen LogP) is 11.1. The second-order valence-electron chi connectivity index (χ2n) is 13.8. The van der Waals surface area contributed by atoms with Crippen LogP contribution in [0.4, 0.5) is 0 Å². The van der Waals surface area contributed by atoms with Crippen LogP contribution >= 0.6 is 34.9 Å². The van der Waals surface area contributed by atoms with Gasteiger partial charge in [-0.15, -0.1) is 11.3 Å². The average Bonchev–Trinajstić information content (AvgIpc) is 3.81. The molecule has 0 fully saturated rings. The van der Waals surface area contributed by atoms with E-state index in [1.165, 1.54) is 106 Å². The molecule has 0 spiro atoms. The van der Waals surface area contributed by atoms with Gasteiger partial charge in [-0.05, 0) is 61.8 Å². The summed E-state index contributed by atoms with van der Waals surface area (Å²) in [7, 11) is 0. The van der Waals surface area contributed by atoms with E-state index in [0.29, 0.717) is 0 Å². The molecule has 2 aliphatic heterocycles. The van der Waals surface area contributed by atoms with Crippen LogP contribution in [0.2, 0.25) is 0 Å². The van der Waals surface area contributed by atoms with E-state index in [2.05, 4.69) is 140 Å². The van der Waals surface area contributed by atoms with E-state index in [0.717, 1.165) is 11.2 Å². The lowest BCUT2D eigenvalue weighted by Crippen LogP contribution is -2.58. The maximum Gasteiger partial charge on any atom is 0.247 e. The molecule has 0 N–H and O–H groups in total. The molecular weight excluding hydrogens is 666 g/mol. The molecule has 7 aromatic carbocycles. The van der Waals surface area contributed by atoms with E-state index in [9.17, 15) is 0 Å². The molecule has 0 saturated heterocycles. The summed E-state index contributed by atoms with van der Waals surface area (Å²) in [6, 6.07) is 45.3. The normalized spacial score (nSPS) is 13.6. The van der Waals surface area contributed by atoms with Crippen LogP contribution in [-0.4, -0.2) is 11.3 Å². The average molecular weight is 692 g/mol. The monoisotopic (exact) mass is 691 g/mol. The fourth-order valence-corrected chi connectivity index (χ4v) is 12.4. The third-order valence-electron chi connectivity index (χ3n) is 10.8. The van der Waals surface area contributed by atoms with Gasteiger partial charge < -0.3 is 8.98 Å². The maximum atomic E-state index is 6.87. The highest BCUT2D eigenvalue weighted by Crippen LogP contribution is 2.51. The van der Waals surface area contributed by atoms with E-state index < -0.39 is 0 Å². The summed E-state index contributed by atoms with van der Waals surface area (Å²) in [5.41, 5.74) is 12.5. The zero-order chi connectivity index (χ0) is 32.8. The van der Waals surface area contributed by atoms with Gasteiger partial charge in [-0.25, -0.2) is 0 Å². The zero-order valence-corrected chi connectivity index (χ0v) is 29.7. The molecule has 6 heteroatoms. The molecule has 10 aromatic rings. The SMILES string of the molecule is Cc1ccc2c(c1)B1c3cc(C)ccc3Sc3cc(-n4c5ccccc5c5c6oc7ccccc7c6c6sc7ccccc7c6c54)cc(c31)S2. The minimum atomic E-state index is 0.224. The summed E-state index contributed by atoms with van der Waals surface area (Å²) in [6.07, 6.45) is 0. The molecule has 0 aliphatic carbocycles. The molecule has 12 rings (SSSR count). The molecule has 0 atom stereocenters. The Kier molecular flexibility index (Phi) is 5.51. The Hall–Kier alpha value is -4.88. The molecule has 0 radical (unpaired) electrons. The molecule has 5 heterocycles. The highest BCUT2D eigenvalue weighted by atomic mass is 32.2. The van der Waals surface area contributed by atoms with Gasteiger partial charge in [-0.1, -0.05) is 124 Å². The van der Waals surface area contributed by atoms with Crippen LogP contribution in [0.25, 0.3) is 69.6 Å². The molecule has 2 aliphatic rings. The number of hydrogen-bond acceptors (Lipinski definition) is 4. The van der Waals surface area contributed by atoms with Gasteiger partial charge in [0.15, 0.2) is 0 Å². The highest BCUT2D eigenvalue weighted by molar-refractivity contribution is 8.01. The van der Waals surface area contributed by atoms with Crippen molar-refractivity contribution in [3.05, 3.63) is 132 Å². The van der Waals surface area contributed by atoms with E-state index in [1.807, 2.05) is 34.9 Å². The summed E-state index contributed by atoms with van der Waals surface area (Å²) < 4.78 is 12.0. The lowest BCUT2D eigenvalue weighted by Gasteiger charge is -2.33. The molecule has 0 saturated carbocycles. The third-order valence-corrected chi connectivity index (χ3v) is 14.3. The second kappa shape index (κ2) is 9.88. The number of benzene rings is 7. The van der Waals surface area contributed by atoms with Crippen LogP contribution in [0.1, 0.15) is 11.1 Å². The van der Waals surface area contributed by atoms with Crippen LogP contribution in [0, 0.1) is 13.8 Å². The van der Waals surface area contributed by atoms with Crippen molar-refractivity contribution in [3.8, 4) is 5.69 Å². The van der Waals surface area contributed by atoms with Crippen molar-refractivity contribution in [1.82, 2.24) is 4.57 Å². The number of furan rings is 1. The predicted molar refractivity (Wildman–Crippen MR) is 216 cm³/mol. The number of aromatic nitrogens is 1. The number of rotatable bonds is 1. The smallest absolute Gasteiger partial charge is 0.247 e. The summed E-state index contributed by atoms with van der Waals surface area (Å²) in [6.45, 7) is 4.66. The van der Waals surface area contributed by atoms with Crippen molar-refractivity contribution < 1.29 is 4.42 Å². The largest absolute Gasteiger partial charge is 0.455 e. The fourth-order valence-electron chi connectivity index (χ4n) is 8.74. The molecule has 50 heavy (non-hydrogen) atoms. The van der Waals surface area contributed by atoms with Crippen LogP contribution in [0.15, 0.2) is 145 Å². The Morgan fingerprint density at radius 2 is 1.22 bits per heavy atom. The Balaban J connectivity index is 1.25. The zero-order valence-electron chi connectivity index (χ0n) is 27.2. The molecule has 0 amide bonds. The van der Waals surface area contributed by atoms with Crippen molar-refractivity contribution in [1.29, 1.82) is 0 Å². The van der Waals surface area contributed by atoms with Crippen molar-refractivity contribution in [3.63, 3.8) is 0 Å². The lowest BCUT2D eigenvalue weighted by molar-refractivity contribution is 0.673. The van der Waals surface area contributed by atoms with Crippen LogP contribution < -0.4 is 16.4 Å². The summed E-state index contributed by atoms with van der Waals surface area (Å²) in [5.74, 6) is 0. The Morgan fingerprint density at radius 3 is 1.96 bits per heavy atom. The van der Waals surface area contributed by atoms with Crippen molar-refractivity contribution in [2.24, 2.45) is 0 Å². The lowest BCUT2D eigenvalue weighted by atomic mass is 9.36. The van der Waals surface area contributed by atoms with Gasteiger partial charge in [-0.2, -0.15) is 0 Å². The first-order chi connectivity index (χ1) is 24.6. The van der Waals surface area contributed by atoms with Gasteiger partial charge in [0, 0.05) is 61.6 Å². The maximum absolute atomic E-state index is 6.87. The van der Waals surface area contributed by atoms with Crippen LogP contribution in [0.5, 0.6) is 0 Å². The first kappa shape index (κ1) is 27.9. The minimum absolute atomic E-state index is 0.224. The van der Waals surface area contributed by atoms with Gasteiger partial charge in [0.25, 0.3) is 0 Å². The van der Waals surface area contributed by atoms with E-state index in [1.54, 1.807) is 0 Å². The van der Waals surface area contributed by atoms with Crippen molar-refractivity contribution >= 4 is 122 Å². The number of para-hydroxylation sites is 2. The van der Waals surface area contributed by atoms with Gasteiger partial charge in [0.2, 0.25) is 6.71 Å².